The molecule has 0 saturated heterocycles. The summed E-state index contributed by atoms with van der Waals surface area (Å²) in [7, 11) is 2.12. The fourth-order valence-corrected chi connectivity index (χ4v) is 5.25. The molecule has 0 saturated carbocycles. The summed E-state index contributed by atoms with van der Waals surface area (Å²) in [5, 5.41) is 4.83. The second-order valence-electron chi connectivity index (χ2n) is 9.50. The van der Waals surface area contributed by atoms with Crippen molar-refractivity contribution >= 4 is 44.1 Å². The zero-order valence-corrected chi connectivity index (χ0v) is 20.6. The summed E-state index contributed by atoms with van der Waals surface area (Å²) in [5.74, 6) is 0. The summed E-state index contributed by atoms with van der Waals surface area (Å²) in [6.07, 6.45) is 0. The summed E-state index contributed by atoms with van der Waals surface area (Å²) in [4.78, 5) is 2.23. The second-order valence-corrected chi connectivity index (χ2v) is 9.50. The van der Waals surface area contributed by atoms with E-state index in [1.54, 1.807) is 0 Å². The molecular weight excluding hydrogens is 450 g/mol. The topological polar surface area (TPSA) is 16.4 Å². The Hall–Kier alpha value is -4.82. The lowest BCUT2D eigenvalue weighted by Crippen LogP contribution is -2.09. The minimum Gasteiger partial charge on any atom is -0.455 e. The summed E-state index contributed by atoms with van der Waals surface area (Å²) in [6, 6.07) is 47.2. The molecule has 2 nitrogen and oxygen atoms in total. The number of fused-ring (bicyclic) bond motifs is 4. The van der Waals surface area contributed by atoms with Crippen LogP contribution in [0.1, 0.15) is 0 Å². The van der Waals surface area contributed by atoms with E-state index in [1.807, 2.05) is 12.1 Å². The van der Waals surface area contributed by atoms with Gasteiger partial charge >= 0.3 is 0 Å². The second kappa shape index (κ2) is 8.69. The molecule has 0 amide bonds. The number of rotatable bonds is 4. The molecule has 37 heavy (non-hydrogen) atoms. The van der Waals surface area contributed by atoms with E-state index >= 15 is 0 Å². The maximum Gasteiger partial charge on any atom is 0.143 e. The molecule has 1 heterocycles. The van der Waals surface area contributed by atoms with Gasteiger partial charge in [-0.15, -0.1) is 0 Å². The molecule has 0 fully saturated rings. The molecule has 7 aromatic rings. The quantitative estimate of drug-likeness (QED) is 0.252. The Morgan fingerprint density at radius 3 is 2.08 bits per heavy atom. The smallest absolute Gasteiger partial charge is 0.143 e. The van der Waals surface area contributed by atoms with Gasteiger partial charge in [-0.1, -0.05) is 97.1 Å². The van der Waals surface area contributed by atoms with Crippen molar-refractivity contribution in [2.75, 3.05) is 11.9 Å². The van der Waals surface area contributed by atoms with Crippen LogP contribution in [0.5, 0.6) is 0 Å². The first kappa shape index (κ1) is 21.5. The SMILES string of the molecule is CN(c1ccc(-c2cccc3c2oc2ccccc23)cc1)c1cccc(-c2ccc3ccccc3c2)c1. The molecule has 0 aliphatic rings. The maximum atomic E-state index is 6.26. The van der Waals surface area contributed by atoms with Crippen molar-refractivity contribution in [3.8, 4) is 22.3 Å². The third-order valence-electron chi connectivity index (χ3n) is 7.29. The number of benzene rings is 6. The summed E-state index contributed by atoms with van der Waals surface area (Å²) >= 11 is 0. The van der Waals surface area contributed by atoms with Crippen LogP contribution in [0.15, 0.2) is 138 Å². The highest BCUT2D eigenvalue weighted by Crippen LogP contribution is 2.37. The first-order valence-electron chi connectivity index (χ1n) is 12.6. The highest BCUT2D eigenvalue weighted by molar-refractivity contribution is 6.09. The third kappa shape index (κ3) is 3.75. The van der Waals surface area contributed by atoms with E-state index in [-0.39, 0.29) is 0 Å². The molecule has 0 atom stereocenters. The molecule has 6 aromatic carbocycles. The van der Waals surface area contributed by atoms with E-state index in [0.29, 0.717) is 0 Å². The molecule has 0 bridgehead atoms. The summed E-state index contributed by atoms with van der Waals surface area (Å²) < 4.78 is 6.26. The Kier molecular flexibility index (Phi) is 5.04. The van der Waals surface area contributed by atoms with E-state index < -0.39 is 0 Å². The standard InChI is InChI=1S/C35H25NO/c1-36(30-11-6-10-27(23-30)28-17-16-24-8-2-3-9-26(24)22-28)29-20-18-25(19-21-29)31-13-7-14-33-32-12-4-5-15-34(32)37-35(31)33/h2-23H,1H3. The summed E-state index contributed by atoms with van der Waals surface area (Å²) in [5.41, 5.74) is 8.84. The fourth-order valence-electron chi connectivity index (χ4n) is 5.25. The lowest BCUT2D eigenvalue weighted by molar-refractivity contribution is 0.670. The largest absolute Gasteiger partial charge is 0.455 e. The van der Waals surface area contributed by atoms with E-state index in [1.165, 1.54) is 21.9 Å². The van der Waals surface area contributed by atoms with Crippen LogP contribution in [-0.4, -0.2) is 7.05 Å². The molecule has 0 unspecified atom stereocenters. The number of anilines is 2. The van der Waals surface area contributed by atoms with Crippen LogP contribution in [0.25, 0.3) is 55.0 Å². The first-order chi connectivity index (χ1) is 18.2. The Labute approximate surface area is 216 Å². The molecule has 0 spiro atoms. The highest BCUT2D eigenvalue weighted by Gasteiger charge is 2.12. The van der Waals surface area contributed by atoms with Gasteiger partial charge in [0.2, 0.25) is 0 Å². The van der Waals surface area contributed by atoms with Crippen LogP contribution < -0.4 is 4.90 Å². The number of hydrogen-bond acceptors (Lipinski definition) is 2. The molecule has 7 rings (SSSR count). The van der Waals surface area contributed by atoms with Gasteiger partial charge in [-0.2, -0.15) is 0 Å². The van der Waals surface area contributed by atoms with Crippen molar-refractivity contribution in [2.45, 2.75) is 0 Å². The predicted molar refractivity (Wildman–Crippen MR) is 157 cm³/mol. The van der Waals surface area contributed by atoms with Gasteiger partial charge in [-0.3, -0.25) is 0 Å². The maximum absolute atomic E-state index is 6.26. The van der Waals surface area contributed by atoms with Crippen LogP contribution in [0.2, 0.25) is 0 Å². The van der Waals surface area contributed by atoms with Gasteiger partial charge in [0, 0.05) is 34.8 Å². The molecule has 1 aromatic heterocycles. The van der Waals surface area contributed by atoms with Crippen LogP contribution in [0.3, 0.4) is 0 Å². The Balaban J connectivity index is 1.21. The molecule has 2 heteroatoms. The third-order valence-corrected chi connectivity index (χ3v) is 7.29. The van der Waals surface area contributed by atoms with Gasteiger partial charge < -0.3 is 9.32 Å². The minimum atomic E-state index is 0.924. The summed E-state index contributed by atoms with van der Waals surface area (Å²) in [6.45, 7) is 0. The number of para-hydroxylation sites is 2. The first-order valence-corrected chi connectivity index (χ1v) is 12.6. The lowest BCUT2D eigenvalue weighted by Gasteiger charge is -2.21. The van der Waals surface area contributed by atoms with Crippen molar-refractivity contribution in [2.24, 2.45) is 0 Å². The van der Waals surface area contributed by atoms with Gasteiger partial charge in [0.25, 0.3) is 0 Å². The van der Waals surface area contributed by atoms with Crippen LogP contribution >= 0.6 is 0 Å². The average molecular weight is 476 g/mol. The Morgan fingerprint density at radius 1 is 0.486 bits per heavy atom. The molecule has 0 aliphatic carbocycles. The molecular formula is C35H25NO. The van der Waals surface area contributed by atoms with E-state index in [0.717, 1.165) is 44.4 Å². The minimum absolute atomic E-state index is 0.924. The number of hydrogen-bond donors (Lipinski definition) is 0. The number of nitrogens with zero attached hydrogens (tertiary/aromatic N) is 1. The zero-order valence-electron chi connectivity index (χ0n) is 20.6. The van der Waals surface area contributed by atoms with Crippen molar-refractivity contribution in [1.29, 1.82) is 0 Å². The van der Waals surface area contributed by atoms with E-state index in [9.17, 15) is 0 Å². The Bertz CT molecular complexity index is 1900. The van der Waals surface area contributed by atoms with E-state index in [2.05, 4.69) is 133 Å². The molecule has 0 N–H and O–H groups in total. The van der Waals surface area contributed by atoms with Crippen molar-refractivity contribution in [1.82, 2.24) is 0 Å². The zero-order chi connectivity index (χ0) is 24.8. The van der Waals surface area contributed by atoms with Gasteiger partial charge in [0.05, 0.1) is 0 Å². The normalized spacial score (nSPS) is 11.4. The lowest BCUT2D eigenvalue weighted by atomic mass is 10.0. The molecule has 0 aliphatic heterocycles. The highest BCUT2D eigenvalue weighted by atomic mass is 16.3. The number of furan rings is 1. The predicted octanol–water partition coefficient (Wildman–Crippen LogP) is 9.84. The van der Waals surface area contributed by atoms with Crippen molar-refractivity contribution < 1.29 is 4.42 Å². The van der Waals surface area contributed by atoms with Gasteiger partial charge in [0.1, 0.15) is 11.2 Å². The van der Waals surface area contributed by atoms with Crippen LogP contribution in [-0.2, 0) is 0 Å². The van der Waals surface area contributed by atoms with Crippen LogP contribution in [0.4, 0.5) is 11.4 Å². The monoisotopic (exact) mass is 475 g/mol. The van der Waals surface area contributed by atoms with Crippen molar-refractivity contribution in [3.63, 3.8) is 0 Å². The average Bonchev–Trinajstić information content (AvgIpc) is 3.36. The van der Waals surface area contributed by atoms with Gasteiger partial charge in [-0.05, 0) is 63.9 Å². The van der Waals surface area contributed by atoms with Crippen molar-refractivity contribution in [3.05, 3.63) is 133 Å². The molecule has 0 radical (unpaired) electrons. The van der Waals surface area contributed by atoms with E-state index in [4.69, 9.17) is 4.42 Å². The Morgan fingerprint density at radius 2 is 1.19 bits per heavy atom. The van der Waals surface area contributed by atoms with Crippen LogP contribution in [0, 0.1) is 0 Å². The fraction of sp³-hybridized carbons (Fsp3) is 0.0286. The molecule has 176 valence electrons. The van der Waals surface area contributed by atoms with Gasteiger partial charge in [0.15, 0.2) is 0 Å². The van der Waals surface area contributed by atoms with Gasteiger partial charge in [-0.25, -0.2) is 0 Å².